The molecule has 6 nitrogen and oxygen atoms in total. The number of hydrogen-bond donors (Lipinski definition) is 2. The molecule has 2 rings (SSSR count). The molecule has 2 N–H and O–H groups in total. The minimum absolute atomic E-state index is 0.342. The molecular formula is C14H8Cl2F3N3O3. The van der Waals surface area contributed by atoms with Crippen LogP contribution in [-0.4, -0.2) is 17.0 Å². The van der Waals surface area contributed by atoms with Crippen molar-refractivity contribution in [1.29, 1.82) is 0 Å². The molecule has 0 aliphatic heterocycles. The summed E-state index contributed by atoms with van der Waals surface area (Å²) in [6.45, 7) is 0. The average molecular weight is 394 g/mol. The van der Waals surface area contributed by atoms with E-state index in [4.69, 9.17) is 23.2 Å². The van der Waals surface area contributed by atoms with Gasteiger partial charge in [-0.3, -0.25) is 10.1 Å². The second kappa shape index (κ2) is 7.58. The second-order valence-corrected chi connectivity index (χ2v) is 5.35. The number of benzene rings is 1. The average Bonchev–Trinajstić information content (AvgIpc) is 2.54. The summed E-state index contributed by atoms with van der Waals surface area (Å²) in [7, 11) is 0. The normalized spacial score (nSPS) is 10.9. The third-order valence-electron chi connectivity index (χ3n) is 2.71. The first-order chi connectivity index (χ1) is 11.7. The Bertz CT molecular complexity index is 798. The topological polar surface area (TPSA) is 80.3 Å². The highest BCUT2D eigenvalue weighted by Gasteiger charge is 2.32. The molecule has 0 saturated carbocycles. The fourth-order valence-electron chi connectivity index (χ4n) is 1.58. The van der Waals surface area contributed by atoms with Crippen LogP contribution in [0.3, 0.4) is 0 Å². The maximum Gasteiger partial charge on any atom is 0.436 e. The molecular weight excluding hydrogens is 386 g/mol. The van der Waals surface area contributed by atoms with Crippen molar-refractivity contribution in [3.05, 3.63) is 57.8 Å². The van der Waals surface area contributed by atoms with Gasteiger partial charge in [0.1, 0.15) is 5.69 Å². The summed E-state index contributed by atoms with van der Waals surface area (Å²) in [5.74, 6) is -1.09. The first-order valence-electron chi connectivity index (χ1n) is 6.43. The predicted octanol–water partition coefficient (Wildman–Crippen LogP) is 4.30. The fourth-order valence-corrected chi connectivity index (χ4v) is 1.96. The predicted molar refractivity (Wildman–Crippen MR) is 83.3 cm³/mol. The van der Waals surface area contributed by atoms with Crippen LogP contribution < -0.4 is 10.8 Å². The molecule has 1 aromatic heterocycles. The quantitative estimate of drug-likeness (QED) is 0.745. The molecule has 0 atom stereocenters. The van der Waals surface area contributed by atoms with Crippen LogP contribution in [-0.2, 0) is 11.0 Å². The van der Waals surface area contributed by atoms with Gasteiger partial charge in [-0.15, -0.1) is 0 Å². The summed E-state index contributed by atoms with van der Waals surface area (Å²) in [5, 5.41) is 2.19. The molecule has 2 aromatic rings. The molecule has 0 aliphatic rings. The lowest BCUT2D eigenvalue weighted by molar-refractivity contribution is -0.137. The standard InChI is InChI=1S/C14H8Cl2F3N3O3/c15-8-1-3-9(4-2-8)21-13(24)25-22-12(23)11-10(16)5-7(6-20-11)14(17,18)19/h1-6H,(H,21,24)(H,22,23). The number of nitrogens with zero attached hydrogens (tertiary/aromatic N) is 1. The number of anilines is 1. The first-order valence-corrected chi connectivity index (χ1v) is 7.19. The van der Waals surface area contributed by atoms with Crippen LogP contribution >= 0.6 is 23.2 Å². The summed E-state index contributed by atoms with van der Waals surface area (Å²) in [5.41, 5.74) is 0.417. The first kappa shape index (κ1) is 18.8. The lowest BCUT2D eigenvalue weighted by atomic mass is 10.2. The number of amides is 2. The van der Waals surface area contributed by atoms with Crippen LogP contribution in [0.4, 0.5) is 23.7 Å². The minimum Gasteiger partial charge on any atom is -0.321 e. The van der Waals surface area contributed by atoms with Crippen molar-refractivity contribution >= 4 is 40.9 Å². The van der Waals surface area contributed by atoms with Gasteiger partial charge < -0.3 is 4.84 Å². The Kier molecular flexibility index (Phi) is 5.70. The van der Waals surface area contributed by atoms with E-state index >= 15 is 0 Å². The van der Waals surface area contributed by atoms with Crippen LogP contribution in [0.1, 0.15) is 16.1 Å². The lowest BCUT2D eigenvalue weighted by Gasteiger charge is -2.10. The Balaban J connectivity index is 1.95. The summed E-state index contributed by atoms with van der Waals surface area (Å²) >= 11 is 11.3. The van der Waals surface area contributed by atoms with E-state index in [-0.39, 0.29) is 0 Å². The van der Waals surface area contributed by atoms with Crippen molar-refractivity contribution in [3.63, 3.8) is 0 Å². The van der Waals surface area contributed by atoms with Gasteiger partial charge in [0, 0.05) is 16.9 Å². The van der Waals surface area contributed by atoms with E-state index in [9.17, 15) is 22.8 Å². The van der Waals surface area contributed by atoms with E-state index in [0.29, 0.717) is 23.0 Å². The number of halogens is 5. The molecule has 0 bridgehead atoms. The zero-order valence-corrected chi connectivity index (χ0v) is 13.5. The number of aromatic nitrogens is 1. The van der Waals surface area contributed by atoms with Gasteiger partial charge in [-0.25, -0.2) is 9.78 Å². The molecule has 0 radical (unpaired) electrons. The summed E-state index contributed by atoms with van der Waals surface area (Å²) < 4.78 is 37.5. The van der Waals surface area contributed by atoms with Crippen LogP contribution in [0.25, 0.3) is 0 Å². The molecule has 25 heavy (non-hydrogen) atoms. The number of nitrogens with one attached hydrogen (secondary N) is 2. The van der Waals surface area contributed by atoms with Crippen LogP contribution in [0, 0.1) is 0 Å². The molecule has 11 heteroatoms. The van der Waals surface area contributed by atoms with E-state index in [1.807, 2.05) is 0 Å². The van der Waals surface area contributed by atoms with Crippen molar-refractivity contribution < 1.29 is 27.6 Å². The molecule has 0 saturated heterocycles. The fraction of sp³-hybridized carbons (Fsp3) is 0.0714. The maximum atomic E-state index is 12.5. The Labute approximate surface area is 148 Å². The van der Waals surface area contributed by atoms with Crippen molar-refractivity contribution in [2.24, 2.45) is 0 Å². The third-order valence-corrected chi connectivity index (χ3v) is 3.25. The smallest absolute Gasteiger partial charge is 0.321 e. The monoisotopic (exact) mass is 393 g/mol. The molecule has 0 unspecified atom stereocenters. The van der Waals surface area contributed by atoms with E-state index in [2.05, 4.69) is 15.1 Å². The van der Waals surface area contributed by atoms with E-state index < -0.39 is 34.5 Å². The Morgan fingerprint density at radius 2 is 1.76 bits per heavy atom. The Morgan fingerprint density at radius 1 is 1.12 bits per heavy atom. The lowest BCUT2D eigenvalue weighted by Crippen LogP contribution is -2.30. The van der Waals surface area contributed by atoms with Gasteiger partial charge in [0.05, 0.1) is 10.6 Å². The summed E-state index contributed by atoms with van der Waals surface area (Å²) in [6.07, 6.45) is -5.26. The number of hydrogen-bond acceptors (Lipinski definition) is 4. The van der Waals surface area contributed by atoms with E-state index in [1.54, 1.807) is 5.48 Å². The molecule has 1 heterocycles. The van der Waals surface area contributed by atoms with Crippen molar-refractivity contribution in [1.82, 2.24) is 10.5 Å². The summed E-state index contributed by atoms with van der Waals surface area (Å²) in [6, 6.07) is 6.54. The van der Waals surface area contributed by atoms with Gasteiger partial charge in [0.25, 0.3) is 0 Å². The minimum atomic E-state index is -4.65. The van der Waals surface area contributed by atoms with Gasteiger partial charge in [-0.2, -0.15) is 18.7 Å². The second-order valence-electron chi connectivity index (χ2n) is 4.50. The summed E-state index contributed by atoms with van der Waals surface area (Å²) in [4.78, 5) is 31.1. The highest BCUT2D eigenvalue weighted by atomic mass is 35.5. The highest BCUT2D eigenvalue weighted by Crippen LogP contribution is 2.31. The zero-order chi connectivity index (χ0) is 18.6. The van der Waals surface area contributed by atoms with Crippen LogP contribution in [0.2, 0.25) is 10.0 Å². The Morgan fingerprint density at radius 3 is 2.32 bits per heavy atom. The molecule has 0 aliphatic carbocycles. The number of carbonyl (C=O) groups is 2. The number of alkyl halides is 3. The number of hydroxylamine groups is 1. The number of pyridine rings is 1. The van der Waals surface area contributed by atoms with Gasteiger partial charge in [-0.05, 0) is 30.3 Å². The van der Waals surface area contributed by atoms with Gasteiger partial charge >= 0.3 is 18.2 Å². The van der Waals surface area contributed by atoms with Crippen molar-refractivity contribution in [3.8, 4) is 0 Å². The highest BCUT2D eigenvalue weighted by molar-refractivity contribution is 6.33. The van der Waals surface area contributed by atoms with Gasteiger partial charge in [0.15, 0.2) is 0 Å². The Hall–Kier alpha value is -2.52. The molecule has 0 fully saturated rings. The van der Waals surface area contributed by atoms with E-state index in [1.165, 1.54) is 24.3 Å². The molecule has 132 valence electrons. The zero-order valence-electron chi connectivity index (χ0n) is 12.0. The van der Waals surface area contributed by atoms with Crippen molar-refractivity contribution in [2.45, 2.75) is 6.18 Å². The molecule has 0 spiro atoms. The third kappa shape index (κ3) is 5.23. The van der Waals surface area contributed by atoms with Crippen LogP contribution in [0.15, 0.2) is 36.5 Å². The SMILES string of the molecule is O=C(Nc1ccc(Cl)cc1)ONC(=O)c1ncc(C(F)(F)F)cc1Cl. The molecule has 2 amide bonds. The van der Waals surface area contributed by atoms with Gasteiger partial charge in [-0.1, -0.05) is 23.2 Å². The van der Waals surface area contributed by atoms with Crippen LogP contribution in [0.5, 0.6) is 0 Å². The maximum absolute atomic E-state index is 12.5. The van der Waals surface area contributed by atoms with Gasteiger partial charge in [0.2, 0.25) is 0 Å². The molecule has 1 aromatic carbocycles. The number of rotatable bonds is 2. The largest absolute Gasteiger partial charge is 0.436 e. The number of carbonyl (C=O) groups excluding carboxylic acids is 2. The van der Waals surface area contributed by atoms with E-state index in [0.717, 1.165) is 0 Å². The van der Waals surface area contributed by atoms with Crippen molar-refractivity contribution in [2.75, 3.05) is 5.32 Å².